The van der Waals surface area contributed by atoms with E-state index in [4.69, 9.17) is 11.6 Å². The van der Waals surface area contributed by atoms with Gasteiger partial charge in [-0.15, -0.1) is 11.6 Å². The molecular weight excluding hydrogens is 242 g/mol. The van der Waals surface area contributed by atoms with E-state index in [0.29, 0.717) is 10.8 Å². The summed E-state index contributed by atoms with van der Waals surface area (Å²) < 4.78 is 1.55. The van der Waals surface area contributed by atoms with Gasteiger partial charge in [0, 0.05) is 18.7 Å². The Hall–Kier alpha value is -0.790. The Morgan fingerprint density at radius 3 is 3.07 bits per heavy atom. The molecule has 0 saturated heterocycles. The highest BCUT2D eigenvalue weighted by Crippen LogP contribution is 2.27. The molecule has 0 bridgehead atoms. The first-order valence-electron chi connectivity index (χ1n) is 4.08. The lowest BCUT2D eigenvalue weighted by molar-refractivity contribution is -0.392. The summed E-state index contributed by atoms with van der Waals surface area (Å²) in [5, 5.41) is 20.2. The number of nitro groups is 1. The summed E-state index contributed by atoms with van der Waals surface area (Å²) in [7, 11) is 1.66. The van der Waals surface area contributed by atoms with E-state index in [1.54, 1.807) is 11.6 Å². The average molecular weight is 252 g/mol. The first-order valence-corrected chi connectivity index (χ1v) is 5.60. The monoisotopic (exact) mass is 251 g/mol. The van der Waals surface area contributed by atoms with E-state index < -0.39 is 11.0 Å². The number of halogens is 1. The van der Waals surface area contributed by atoms with Crippen molar-refractivity contribution in [2.45, 2.75) is 11.1 Å². The van der Waals surface area contributed by atoms with Gasteiger partial charge in [-0.05, 0) is 9.91 Å². The van der Waals surface area contributed by atoms with Crippen molar-refractivity contribution in [1.82, 2.24) is 9.55 Å². The fraction of sp³-hybridized carbons (Fsp3) is 0.571. The molecule has 0 radical (unpaired) electrons. The Bertz CT molecular complexity index is 357. The molecule has 1 N–H and O–H groups in total. The molecule has 0 amide bonds. The third-order valence-electron chi connectivity index (χ3n) is 1.63. The van der Waals surface area contributed by atoms with Crippen LogP contribution in [0.3, 0.4) is 0 Å². The summed E-state index contributed by atoms with van der Waals surface area (Å²) in [4.78, 5) is 13.7. The van der Waals surface area contributed by atoms with Crippen molar-refractivity contribution < 1.29 is 10.0 Å². The van der Waals surface area contributed by atoms with Crippen molar-refractivity contribution >= 4 is 29.2 Å². The second-order valence-corrected chi connectivity index (χ2v) is 4.18. The number of hydrogen-bond donors (Lipinski definition) is 1. The van der Waals surface area contributed by atoms with Crippen molar-refractivity contribution in [3.05, 3.63) is 16.4 Å². The highest BCUT2D eigenvalue weighted by molar-refractivity contribution is 7.99. The lowest BCUT2D eigenvalue weighted by atomic mass is 10.5. The van der Waals surface area contributed by atoms with Gasteiger partial charge >= 0.3 is 5.82 Å². The van der Waals surface area contributed by atoms with Gasteiger partial charge in [0.15, 0.2) is 5.03 Å². The van der Waals surface area contributed by atoms with Crippen molar-refractivity contribution in [3.8, 4) is 0 Å². The van der Waals surface area contributed by atoms with Gasteiger partial charge < -0.3 is 19.8 Å². The molecular formula is C7H10ClN3O3S. The van der Waals surface area contributed by atoms with Gasteiger partial charge in [-0.25, -0.2) is 0 Å². The number of thioether (sulfide) groups is 1. The Morgan fingerprint density at radius 2 is 2.53 bits per heavy atom. The molecule has 84 valence electrons. The number of rotatable bonds is 5. The van der Waals surface area contributed by atoms with Crippen LogP contribution >= 0.6 is 23.4 Å². The Balaban J connectivity index is 2.75. The van der Waals surface area contributed by atoms with Gasteiger partial charge in [0.25, 0.3) is 0 Å². The Morgan fingerprint density at radius 1 is 1.87 bits per heavy atom. The molecule has 0 unspecified atom stereocenters. The van der Waals surface area contributed by atoms with Crippen LogP contribution in [0.2, 0.25) is 0 Å². The SMILES string of the molecule is Cn1cnc([N+](=O)[O-])c1SC[C@H](O)CCl. The lowest BCUT2D eigenvalue weighted by Crippen LogP contribution is -2.11. The van der Waals surface area contributed by atoms with Crippen molar-refractivity contribution in [2.24, 2.45) is 7.05 Å². The van der Waals surface area contributed by atoms with E-state index in [-0.39, 0.29) is 11.7 Å². The minimum Gasteiger partial charge on any atom is -0.391 e. The third-order valence-corrected chi connectivity index (χ3v) is 3.28. The molecule has 0 aromatic carbocycles. The fourth-order valence-corrected chi connectivity index (χ4v) is 2.13. The van der Waals surface area contributed by atoms with E-state index >= 15 is 0 Å². The molecule has 8 heteroatoms. The molecule has 0 fully saturated rings. The predicted molar refractivity (Wildman–Crippen MR) is 57.3 cm³/mol. The van der Waals surface area contributed by atoms with Crippen LogP contribution in [0.25, 0.3) is 0 Å². The van der Waals surface area contributed by atoms with Gasteiger partial charge in [-0.1, -0.05) is 11.8 Å². The summed E-state index contributed by atoms with van der Waals surface area (Å²) in [5.41, 5.74) is 0. The zero-order valence-corrected chi connectivity index (χ0v) is 9.53. The van der Waals surface area contributed by atoms with Crippen LogP contribution in [0.4, 0.5) is 5.82 Å². The quantitative estimate of drug-likeness (QED) is 0.366. The molecule has 0 aliphatic rings. The van der Waals surface area contributed by atoms with Crippen LogP contribution < -0.4 is 0 Å². The van der Waals surface area contributed by atoms with Crippen molar-refractivity contribution in [1.29, 1.82) is 0 Å². The minimum atomic E-state index is -0.675. The second kappa shape index (κ2) is 5.34. The number of alkyl halides is 1. The van der Waals surface area contributed by atoms with E-state index in [1.807, 2.05) is 0 Å². The number of aliphatic hydroxyl groups excluding tert-OH is 1. The lowest BCUT2D eigenvalue weighted by Gasteiger charge is -2.05. The van der Waals surface area contributed by atoms with Crippen LogP contribution in [-0.4, -0.2) is 37.3 Å². The molecule has 1 aromatic rings. The number of aliphatic hydroxyl groups is 1. The van der Waals surface area contributed by atoms with Crippen LogP contribution in [0, 0.1) is 10.1 Å². The van der Waals surface area contributed by atoms with Crippen LogP contribution in [-0.2, 0) is 7.05 Å². The topological polar surface area (TPSA) is 81.2 Å². The molecule has 1 rings (SSSR count). The van der Waals surface area contributed by atoms with Crippen LogP contribution in [0.15, 0.2) is 11.4 Å². The number of aromatic nitrogens is 2. The molecule has 0 saturated carbocycles. The summed E-state index contributed by atoms with van der Waals surface area (Å²) in [6, 6.07) is 0. The van der Waals surface area contributed by atoms with Gasteiger partial charge in [-0.2, -0.15) is 0 Å². The maximum atomic E-state index is 10.6. The van der Waals surface area contributed by atoms with E-state index in [0.717, 1.165) is 0 Å². The number of aryl methyl sites for hydroxylation is 1. The standard InChI is InChI=1S/C7H10ClN3O3S/c1-10-4-9-6(11(13)14)7(10)15-3-5(12)2-8/h4-5,12H,2-3H2,1H3/t5-/m1/s1. The maximum absolute atomic E-state index is 10.6. The van der Waals surface area contributed by atoms with Gasteiger partial charge in [0.2, 0.25) is 6.33 Å². The van der Waals surface area contributed by atoms with E-state index in [9.17, 15) is 15.2 Å². The van der Waals surface area contributed by atoms with Crippen LogP contribution in [0.5, 0.6) is 0 Å². The summed E-state index contributed by atoms with van der Waals surface area (Å²) in [5.74, 6) is 0.229. The molecule has 1 aromatic heterocycles. The molecule has 1 heterocycles. The minimum absolute atomic E-state index is 0.110. The van der Waals surface area contributed by atoms with Crippen molar-refractivity contribution in [2.75, 3.05) is 11.6 Å². The summed E-state index contributed by atoms with van der Waals surface area (Å²) in [6.07, 6.45) is 0.694. The third kappa shape index (κ3) is 3.08. The number of nitrogens with zero attached hydrogens (tertiary/aromatic N) is 3. The van der Waals surface area contributed by atoms with Gasteiger partial charge in [-0.3, -0.25) is 0 Å². The molecule has 15 heavy (non-hydrogen) atoms. The number of imidazole rings is 1. The van der Waals surface area contributed by atoms with E-state index in [2.05, 4.69) is 4.98 Å². The second-order valence-electron chi connectivity index (χ2n) is 2.86. The smallest absolute Gasteiger partial charge is 0.391 e. The maximum Gasteiger partial charge on any atom is 0.395 e. The zero-order valence-electron chi connectivity index (χ0n) is 7.96. The first-order chi connectivity index (χ1) is 7.06. The van der Waals surface area contributed by atoms with Gasteiger partial charge in [0.1, 0.15) is 0 Å². The molecule has 0 spiro atoms. The highest BCUT2D eigenvalue weighted by Gasteiger charge is 2.21. The normalized spacial score (nSPS) is 12.7. The first kappa shape index (κ1) is 12.3. The summed E-state index contributed by atoms with van der Waals surface area (Å²) in [6.45, 7) is 0. The Labute approximate surface area is 95.4 Å². The van der Waals surface area contributed by atoms with Crippen molar-refractivity contribution in [3.63, 3.8) is 0 Å². The molecule has 0 aliphatic carbocycles. The predicted octanol–water partition coefficient (Wildman–Crippen LogP) is 1.02. The highest BCUT2D eigenvalue weighted by atomic mass is 35.5. The average Bonchev–Trinajstić information content (AvgIpc) is 2.56. The fourth-order valence-electron chi connectivity index (χ4n) is 0.918. The zero-order chi connectivity index (χ0) is 11.4. The van der Waals surface area contributed by atoms with Crippen LogP contribution in [0.1, 0.15) is 0 Å². The largest absolute Gasteiger partial charge is 0.395 e. The molecule has 1 atom stereocenters. The molecule has 0 aliphatic heterocycles. The number of hydrogen-bond acceptors (Lipinski definition) is 5. The summed E-state index contributed by atoms with van der Waals surface area (Å²) >= 11 is 6.58. The van der Waals surface area contributed by atoms with E-state index in [1.165, 1.54) is 18.1 Å². The van der Waals surface area contributed by atoms with Gasteiger partial charge in [0.05, 0.1) is 6.10 Å². The Kier molecular flexibility index (Phi) is 4.37. The molecule has 6 nitrogen and oxygen atoms in total.